The smallest absolute Gasteiger partial charge is 0.313 e. The van der Waals surface area contributed by atoms with Gasteiger partial charge in [-0.1, -0.05) is 28.9 Å². The summed E-state index contributed by atoms with van der Waals surface area (Å²) < 4.78 is 41.3. The Kier molecular flexibility index (Phi) is 5.66. The van der Waals surface area contributed by atoms with Crippen molar-refractivity contribution in [3.8, 4) is 11.8 Å². The van der Waals surface area contributed by atoms with E-state index in [0.29, 0.717) is 20.8 Å². The Balaban J connectivity index is 1.85. The van der Waals surface area contributed by atoms with E-state index >= 15 is 0 Å². The highest BCUT2D eigenvalue weighted by Gasteiger charge is 2.41. The number of hydrogen-bond donors (Lipinski definition) is 0. The molecule has 0 saturated heterocycles. The van der Waals surface area contributed by atoms with Crippen LogP contribution in [0.5, 0.6) is 0 Å². The third-order valence-corrected chi connectivity index (χ3v) is 3.96. The van der Waals surface area contributed by atoms with Crippen LogP contribution >= 0.6 is 11.6 Å². The minimum absolute atomic E-state index is 0.0712. The minimum Gasteiger partial charge on any atom is -0.313 e. The average Bonchev–Trinajstić information content (AvgIpc) is 3.15. The molecule has 0 bridgehead atoms. The van der Waals surface area contributed by atoms with Crippen LogP contribution < -0.4 is 0 Å². The number of oxime groups is 1. The molecule has 0 N–H and O–H groups in total. The summed E-state index contributed by atoms with van der Waals surface area (Å²) in [6.07, 6.45) is -2.98. The molecule has 0 aliphatic carbocycles. The molecule has 1 aromatic heterocycles. The monoisotopic (exact) mass is 418 g/mol. The molecule has 0 spiro atoms. The molecule has 0 amide bonds. The van der Waals surface area contributed by atoms with Crippen molar-refractivity contribution < 1.29 is 22.8 Å². The highest BCUT2D eigenvalue weighted by molar-refractivity contribution is 6.30. The van der Waals surface area contributed by atoms with Gasteiger partial charge in [0.15, 0.2) is 5.69 Å². The molecule has 0 saturated carbocycles. The third-order valence-electron chi connectivity index (χ3n) is 3.71. The van der Waals surface area contributed by atoms with Gasteiger partial charge < -0.3 is 4.84 Å². The van der Waals surface area contributed by atoms with Gasteiger partial charge >= 0.3 is 12.1 Å². The minimum atomic E-state index is -4.87. The van der Waals surface area contributed by atoms with E-state index in [1.54, 1.807) is 0 Å². The molecule has 0 unspecified atom stereocenters. The maximum atomic E-state index is 13.6. The lowest BCUT2D eigenvalue weighted by Gasteiger charge is -2.11. The summed E-state index contributed by atoms with van der Waals surface area (Å²) in [6.45, 7) is 0. The maximum absolute atomic E-state index is 13.6. The molecule has 146 valence electrons. The van der Waals surface area contributed by atoms with Crippen molar-refractivity contribution in [1.82, 2.24) is 9.78 Å². The fourth-order valence-corrected chi connectivity index (χ4v) is 2.50. The Bertz CT molecular complexity index is 1100. The number of hydrogen-bond acceptors (Lipinski definition) is 5. The largest absolute Gasteiger partial charge is 0.434 e. The second kappa shape index (κ2) is 8.16. The normalized spacial score (nSPS) is 11.4. The first-order chi connectivity index (χ1) is 13.8. The van der Waals surface area contributed by atoms with Gasteiger partial charge in [-0.3, -0.25) is 0 Å². The summed E-state index contributed by atoms with van der Waals surface area (Å²) in [4.78, 5) is 16.7. The van der Waals surface area contributed by atoms with E-state index in [9.17, 15) is 18.0 Å². The number of nitriles is 1. The number of halogens is 4. The van der Waals surface area contributed by atoms with Crippen LogP contribution in [0.4, 0.5) is 13.2 Å². The van der Waals surface area contributed by atoms with Gasteiger partial charge in [0.05, 0.1) is 29.7 Å². The van der Waals surface area contributed by atoms with E-state index < -0.39 is 23.4 Å². The second-order valence-corrected chi connectivity index (χ2v) is 6.08. The molecule has 3 aromatic rings. The molecule has 6 nitrogen and oxygen atoms in total. The van der Waals surface area contributed by atoms with E-state index in [4.69, 9.17) is 16.9 Å². The van der Waals surface area contributed by atoms with E-state index in [0.717, 1.165) is 12.4 Å². The summed E-state index contributed by atoms with van der Waals surface area (Å²) in [7, 11) is 0. The Morgan fingerprint density at radius 3 is 2.41 bits per heavy atom. The Morgan fingerprint density at radius 2 is 1.83 bits per heavy atom. The van der Waals surface area contributed by atoms with Crippen LogP contribution in [0, 0.1) is 11.3 Å². The van der Waals surface area contributed by atoms with Crippen LogP contribution in [0.15, 0.2) is 59.9 Å². The second-order valence-electron chi connectivity index (χ2n) is 5.64. The van der Waals surface area contributed by atoms with Gasteiger partial charge in [-0.25, -0.2) is 9.48 Å². The average molecular weight is 419 g/mol. The quantitative estimate of drug-likeness (QED) is 0.352. The molecule has 0 atom stereocenters. The number of carbonyl (C=O) groups excluding carboxylic acids is 1. The zero-order valence-electron chi connectivity index (χ0n) is 14.4. The number of alkyl halides is 3. The topological polar surface area (TPSA) is 80.3 Å². The summed E-state index contributed by atoms with van der Waals surface area (Å²) >= 11 is 5.75. The molecule has 0 aliphatic heterocycles. The van der Waals surface area contributed by atoms with Crippen LogP contribution in [-0.4, -0.2) is 22.0 Å². The number of rotatable bonds is 4. The Morgan fingerprint density at radius 1 is 1.17 bits per heavy atom. The Hall–Kier alpha value is -3.64. The van der Waals surface area contributed by atoms with E-state index in [2.05, 4.69) is 15.1 Å². The molecule has 2 aromatic carbocycles. The first kappa shape index (κ1) is 20.1. The van der Waals surface area contributed by atoms with Gasteiger partial charge in [0.25, 0.3) is 0 Å². The highest BCUT2D eigenvalue weighted by Crippen LogP contribution is 2.34. The van der Waals surface area contributed by atoms with Crippen LogP contribution in [-0.2, 0) is 11.0 Å². The standard InChI is InChI=1S/C19H10ClF3N4O2/c20-14-5-7-15(8-6-14)27-17(19(21,22)23)16(11-25-27)18(28)29-26-10-13-3-1-12(9-24)2-4-13/h1-8,10-11H/b26-10+. The summed E-state index contributed by atoms with van der Waals surface area (Å²) in [5.74, 6) is -1.32. The number of aromatic nitrogens is 2. The first-order valence-corrected chi connectivity index (χ1v) is 8.33. The predicted octanol–water partition coefficient (Wildman–Crippen LogP) is 4.61. The van der Waals surface area contributed by atoms with E-state index in [1.807, 2.05) is 6.07 Å². The maximum Gasteiger partial charge on any atom is 0.434 e. The fourth-order valence-electron chi connectivity index (χ4n) is 2.38. The Labute approximate surface area is 167 Å². The molecule has 3 rings (SSSR count). The van der Waals surface area contributed by atoms with Crippen molar-refractivity contribution in [2.24, 2.45) is 5.16 Å². The molecule has 0 aliphatic rings. The first-order valence-electron chi connectivity index (χ1n) is 7.95. The van der Waals surface area contributed by atoms with Crippen LogP contribution in [0.2, 0.25) is 5.02 Å². The van der Waals surface area contributed by atoms with Crippen molar-refractivity contribution in [2.45, 2.75) is 6.18 Å². The van der Waals surface area contributed by atoms with Crippen molar-refractivity contribution in [3.05, 3.63) is 82.1 Å². The lowest BCUT2D eigenvalue weighted by atomic mass is 10.2. The van der Waals surface area contributed by atoms with Crippen LogP contribution in [0.1, 0.15) is 27.2 Å². The molecule has 0 fully saturated rings. The molecule has 0 radical (unpaired) electrons. The van der Waals surface area contributed by atoms with Crippen molar-refractivity contribution in [1.29, 1.82) is 5.26 Å². The molecular formula is C19H10ClF3N4O2. The van der Waals surface area contributed by atoms with Gasteiger partial charge in [-0.2, -0.15) is 23.5 Å². The summed E-state index contributed by atoms with van der Waals surface area (Å²) in [5.41, 5.74) is -1.10. The molecule has 10 heteroatoms. The molecule has 1 heterocycles. The van der Waals surface area contributed by atoms with Crippen LogP contribution in [0.3, 0.4) is 0 Å². The number of nitrogens with zero attached hydrogens (tertiary/aromatic N) is 4. The van der Waals surface area contributed by atoms with Crippen LogP contribution in [0.25, 0.3) is 5.69 Å². The lowest BCUT2D eigenvalue weighted by molar-refractivity contribution is -0.143. The van der Waals surface area contributed by atoms with Crippen molar-refractivity contribution in [3.63, 3.8) is 0 Å². The van der Waals surface area contributed by atoms with Gasteiger partial charge in [-0.05, 0) is 42.0 Å². The lowest BCUT2D eigenvalue weighted by Crippen LogP contribution is -2.18. The highest BCUT2D eigenvalue weighted by atomic mass is 35.5. The van der Waals surface area contributed by atoms with Crippen molar-refractivity contribution in [2.75, 3.05) is 0 Å². The third kappa shape index (κ3) is 4.62. The van der Waals surface area contributed by atoms with E-state index in [-0.39, 0.29) is 5.69 Å². The van der Waals surface area contributed by atoms with Gasteiger partial charge in [0.1, 0.15) is 5.56 Å². The zero-order chi connectivity index (χ0) is 21.0. The fraction of sp³-hybridized carbons (Fsp3) is 0.0526. The zero-order valence-corrected chi connectivity index (χ0v) is 15.1. The van der Waals surface area contributed by atoms with Gasteiger partial charge in [0, 0.05) is 5.02 Å². The van der Waals surface area contributed by atoms with Gasteiger partial charge in [0.2, 0.25) is 0 Å². The molecule has 29 heavy (non-hydrogen) atoms. The number of carbonyl (C=O) groups is 1. The van der Waals surface area contributed by atoms with Gasteiger partial charge in [-0.15, -0.1) is 0 Å². The number of benzene rings is 2. The summed E-state index contributed by atoms with van der Waals surface area (Å²) in [6, 6.07) is 13.5. The molecular weight excluding hydrogens is 409 g/mol. The van der Waals surface area contributed by atoms with Crippen molar-refractivity contribution >= 4 is 23.8 Å². The SMILES string of the molecule is N#Cc1ccc(/C=N/OC(=O)c2cnn(-c3ccc(Cl)cc3)c2C(F)(F)F)cc1. The van der Waals surface area contributed by atoms with E-state index in [1.165, 1.54) is 48.5 Å². The summed E-state index contributed by atoms with van der Waals surface area (Å²) in [5, 5.41) is 16.1. The predicted molar refractivity (Wildman–Crippen MR) is 97.7 cm³/mol.